The molecule has 20 heavy (non-hydrogen) atoms. The zero-order valence-electron chi connectivity index (χ0n) is 10.8. The van der Waals surface area contributed by atoms with Crippen LogP contribution in [0, 0.1) is 0 Å². The van der Waals surface area contributed by atoms with Gasteiger partial charge in [-0.15, -0.1) is 0 Å². The molecule has 0 aliphatic rings. The number of rotatable bonds is 4. The van der Waals surface area contributed by atoms with Gasteiger partial charge in [-0.25, -0.2) is 0 Å². The number of aromatic nitrogens is 1. The number of nitrogens with one attached hydrogen (secondary N) is 1. The second kappa shape index (κ2) is 13.8. The fraction of sp³-hybridized carbons (Fsp3) is 0.364. The Hall–Kier alpha value is -1.61. The van der Waals surface area contributed by atoms with Crippen molar-refractivity contribution < 1.29 is 44.1 Å². The van der Waals surface area contributed by atoms with Gasteiger partial charge >= 0.3 is 36.2 Å². The van der Waals surface area contributed by atoms with Crippen molar-refractivity contribution in [3.05, 3.63) is 35.3 Å². The van der Waals surface area contributed by atoms with Gasteiger partial charge < -0.3 is 15.9 Å². The van der Waals surface area contributed by atoms with Gasteiger partial charge in [-0.05, 0) is 12.1 Å². The Kier molecular flexibility index (Phi) is 14.3. The van der Waals surface area contributed by atoms with E-state index in [1.54, 1.807) is 25.1 Å². The van der Waals surface area contributed by atoms with Gasteiger partial charge in [-0.2, -0.15) is 6.54 Å². The molecule has 0 aliphatic heterocycles. The zero-order valence-corrected chi connectivity index (χ0v) is 12.2. The Labute approximate surface area is 123 Å². The Morgan fingerprint density at radius 2 is 1.50 bits per heavy atom. The summed E-state index contributed by atoms with van der Waals surface area (Å²) in [4.78, 5) is 24.6. The second-order valence-corrected chi connectivity index (χ2v) is 3.45. The summed E-state index contributed by atoms with van der Waals surface area (Å²) in [6.07, 6.45) is -0.374. The van der Waals surface area contributed by atoms with Crippen molar-refractivity contribution in [3.63, 3.8) is 0 Å². The van der Waals surface area contributed by atoms with Gasteiger partial charge in [0.1, 0.15) is 0 Å². The summed E-state index contributed by atoms with van der Waals surface area (Å²) in [5, 5.41) is 17.0. The van der Waals surface area contributed by atoms with E-state index in [-0.39, 0.29) is 12.8 Å². The molecule has 112 valence electrons. The number of nitrogens with zero attached hydrogens (tertiary/aromatic N) is 1. The Morgan fingerprint density at radius 3 is 1.75 bits per heavy atom. The number of carboxylic acids is 2. The second-order valence-electron chi connectivity index (χ2n) is 3.20. The normalized spacial score (nSPS) is 8.35. The molecule has 9 heteroatoms. The molecule has 0 unspecified atom stereocenters. The molecule has 0 radical (unpaired) electrons. The van der Waals surface area contributed by atoms with Gasteiger partial charge in [0.05, 0.1) is 24.2 Å². The van der Waals surface area contributed by atoms with Crippen LogP contribution in [0.1, 0.15) is 18.3 Å². The van der Waals surface area contributed by atoms with Crippen LogP contribution in [0.2, 0.25) is 0 Å². The van der Waals surface area contributed by atoms with Gasteiger partial charge in [0.15, 0.2) is 0 Å². The van der Waals surface area contributed by atoms with E-state index in [9.17, 15) is 9.59 Å². The number of carbonyl (C=O) groups is 2. The van der Waals surface area contributed by atoms with Crippen LogP contribution in [0.3, 0.4) is 0 Å². The molecule has 0 saturated carbocycles. The van der Waals surface area contributed by atoms with E-state index < -0.39 is 28.5 Å². The Balaban J connectivity index is 0. The number of carboxylic acid groups (broad SMARTS) is 2. The molecule has 0 bridgehead atoms. The van der Waals surface area contributed by atoms with Gasteiger partial charge in [-0.3, -0.25) is 14.6 Å². The molecule has 0 spiro atoms. The Morgan fingerprint density at radius 1 is 1.20 bits per heavy atom. The van der Waals surface area contributed by atoms with E-state index in [1.807, 2.05) is 0 Å². The fourth-order valence-corrected chi connectivity index (χ4v) is 1.04. The monoisotopic (exact) mass is 323 g/mol. The Bertz CT molecular complexity index is 396. The van der Waals surface area contributed by atoms with Crippen molar-refractivity contribution in [3.8, 4) is 0 Å². The number of aliphatic carboxylic acids is 2. The summed E-state index contributed by atoms with van der Waals surface area (Å²) in [5.41, 5.74) is 6.95. The van der Waals surface area contributed by atoms with Crippen molar-refractivity contribution >= 4 is 11.9 Å². The zero-order chi connectivity index (χ0) is 16.0. The summed E-state index contributed by atoms with van der Waals surface area (Å²) < 4.78 is 15.7. The van der Waals surface area contributed by atoms with Crippen LogP contribution in [0.15, 0.2) is 18.2 Å². The number of pyridine rings is 1. The molecule has 1 aromatic rings. The van der Waals surface area contributed by atoms with E-state index in [0.717, 1.165) is 0 Å². The van der Waals surface area contributed by atoms with Crippen LogP contribution in [0.5, 0.6) is 0 Å². The molecule has 1 aromatic heterocycles. The third-order valence-corrected chi connectivity index (χ3v) is 1.53. The predicted molar refractivity (Wildman–Crippen MR) is 64.7 cm³/mol. The predicted octanol–water partition coefficient (Wildman–Crippen LogP) is 0.716. The maximum absolute atomic E-state index is 10.3. The fourth-order valence-electron chi connectivity index (χ4n) is 1.04. The van der Waals surface area contributed by atoms with Gasteiger partial charge in [0, 0.05) is 0 Å². The van der Waals surface area contributed by atoms with Gasteiger partial charge in [0.25, 0.3) is 0 Å². The summed E-state index contributed by atoms with van der Waals surface area (Å²) in [6, 6.07) is 4.71. The minimum absolute atomic E-state index is 0.187. The standard InChI is InChI=1S/C9H9NO4.C2H6N.H2O.O.V/c11-8(12)4-6-2-1-3-7(10-6)5-9(13)14;1-2-3;;;/h1-3H,4-5H2,(H,11,12)(H,13,14);3H,2H2,1H3;1H2;;/q;-1;;;+1/p-1. The summed E-state index contributed by atoms with van der Waals surface area (Å²) in [7, 11) is 0. The first kappa shape index (κ1) is 20.7. The van der Waals surface area contributed by atoms with Crippen LogP contribution >= 0.6 is 0 Å². The molecule has 0 aromatic carbocycles. The first-order valence-electron chi connectivity index (χ1n) is 5.40. The van der Waals surface area contributed by atoms with E-state index in [4.69, 9.17) is 23.7 Å². The number of hydrogen-bond acceptors (Lipinski definition) is 4. The third kappa shape index (κ3) is 14.5. The van der Waals surface area contributed by atoms with Crippen LogP contribution < -0.4 is 0 Å². The first-order chi connectivity index (χ1) is 9.40. The first-order valence-corrected chi connectivity index (χ1v) is 6.60. The average Bonchev–Trinajstić information content (AvgIpc) is 2.29. The molecule has 0 saturated heterocycles. The molecule has 0 aliphatic carbocycles. The number of hydrogen-bond donors (Lipinski definition) is 3. The molecule has 1 heterocycles. The van der Waals surface area contributed by atoms with E-state index in [0.29, 0.717) is 17.9 Å². The third-order valence-electron chi connectivity index (χ3n) is 1.53. The van der Waals surface area contributed by atoms with Crippen LogP contribution in [-0.2, 0) is 42.7 Å². The van der Waals surface area contributed by atoms with E-state index >= 15 is 0 Å². The minimum atomic E-state index is -1.56. The SMILES string of the molecule is CC[NH-].O=C(O)Cc1cccc(CC(=O)O)n1.[O]=[V][OH]. The van der Waals surface area contributed by atoms with E-state index in [1.165, 1.54) is 0 Å². The van der Waals surface area contributed by atoms with Crippen molar-refractivity contribution in [2.45, 2.75) is 19.8 Å². The van der Waals surface area contributed by atoms with E-state index in [2.05, 4.69) is 4.98 Å². The molecule has 0 atom stereocenters. The maximum atomic E-state index is 10.3. The van der Waals surface area contributed by atoms with Crippen molar-refractivity contribution in [2.24, 2.45) is 0 Å². The molecule has 1 rings (SSSR count). The van der Waals surface area contributed by atoms with Gasteiger partial charge in [0.2, 0.25) is 0 Å². The molecule has 0 amide bonds. The summed E-state index contributed by atoms with van der Waals surface area (Å²) in [6.45, 7) is 2.29. The summed E-state index contributed by atoms with van der Waals surface area (Å²) in [5.74, 6) is -1.96. The van der Waals surface area contributed by atoms with Crippen molar-refractivity contribution in [2.75, 3.05) is 6.54 Å². The molecular weight excluding hydrogens is 307 g/mol. The molecule has 0 fully saturated rings. The van der Waals surface area contributed by atoms with Gasteiger partial charge in [-0.1, -0.05) is 13.0 Å². The molecule has 4 N–H and O–H groups in total. The van der Waals surface area contributed by atoms with Crippen molar-refractivity contribution in [1.29, 1.82) is 0 Å². The topological polar surface area (TPSA) is 149 Å². The molecular formula is C11H16N2O6V-. The average molecular weight is 323 g/mol. The van der Waals surface area contributed by atoms with Crippen LogP contribution in [0.4, 0.5) is 0 Å². The molecule has 8 nitrogen and oxygen atoms in total. The van der Waals surface area contributed by atoms with Crippen LogP contribution in [0.25, 0.3) is 5.73 Å². The quantitative estimate of drug-likeness (QED) is 0.739. The van der Waals surface area contributed by atoms with Crippen LogP contribution in [-0.4, -0.2) is 37.7 Å². The van der Waals surface area contributed by atoms with Crippen molar-refractivity contribution in [1.82, 2.24) is 4.98 Å². The summed E-state index contributed by atoms with van der Waals surface area (Å²) >= 11 is -1.56.